The monoisotopic (exact) mass is 505 g/mol. The molecule has 1 fully saturated rings. The van der Waals surface area contributed by atoms with Crippen LogP contribution in [0.2, 0.25) is 5.02 Å². The van der Waals surface area contributed by atoms with Gasteiger partial charge in [0.1, 0.15) is 5.69 Å². The van der Waals surface area contributed by atoms with Crippen LogP contribution in [0.1, 0.15) is 36.5 Å². The molecule has 1 aliphatic heterocycles. The van der Waals surface area contributed by atoms with Crippen molar-refractivity contribution < 1.29 is 9.15 Å². The van der Waals surface area contributed by atoms with Crippen molar-refractivity contribution in [1.29, 1.82) is 0 Å². The Hall–Kier alpha value is -3.13. The highest BCUT2D eigenvalue weighted by Crippen LogP contribution is 2.28. The smallest absolute Gasteiger partial charge is 0.220 e. The fourth-order valence-electron chi connectivity index (χ4n) is 4.46. The summed E-state index contributed by atoms with van der Waals surface area (Å²) >= 11 is 6.10. The summed E-state index contributed by atoms with van der Waals surface area (Å²) < 4.78 is 11.9. The molecule has 2 aromatic heterocycles. The molecule has 36 heavy (non-hydrogen) atoms. The second kappa shape index (κ2) is 11.7. The average Bonchev–Trinajstić information content (AvgIpc) is 3.33. The van der Waals surface area contributed by atoms with Crippen LogP contribution in [0.25, 0.3) is 10.9 Å². The van der Waals surface area contributed by atoms with Crippen LogP contribution in [-0.2, 0) is 11.2 Å². The minimum atomic E-state index is 0.0122. The van der Waals surface area contributed by atoms with E-state index in [1.54, 1.807) is 0 Å². The van der Waals surface area contributed by atoms with Crippen LogP contribution in [-0.4, -0.2) is 49.4 Å². The zero-order chi connectivity index (χ0) is 24.7. The van der Waals surface area contributed by atoms with E-state index in [1.807, 2.05) is 36.5 Å². The van der Waals surface area contributed by atoms with Gasteiger partial charge in [-0.15, -0.1) is 0 Å². The molecule has 2 aromatic carbocycles. The van der Waals surface area contributed by atoms with Crippen LogP contribution >= 0.6 is 11.6 Å². The topological polar surface area (TPSA) is 75.5 Å². The number of nitrogens with zero attached hydrogens (tertiary/aromatic N) is 3. The largest absolute Gasteiger partial charge is 0.423 e. The van der Waals surface area contributed by atoms with Gasteiger partial charge in [-0.1, -0.05) is 41.9 Å². The van der Waals surface area contributed by atoms with Gasteiger partial charge in [-0.05, 0) is 49.7 Å². The Labute approximate surface area is 216 Å². The van der Waals surface area contributed by atoms with Crippen LogP contribution in [0, 0.1) is 0 Å². The van der Waals surface area contributed by atoms with Gasteiger partial charge in [0, 0.05) is 48.3 Å². The third-order valence-corrected chi connectivity index (χ3v) is 6.64. The summed E-state index contributed by atoms with van der Waals surface area (Å²) in [6.07, 6.45) is 3.51. The lowest BCUT2D eigenvalue weighted by molar-refractivity contribution is 0.120. The minimum absolute atomic E-state index is 0.0122. The number of pyridine rings is 1. The summed E-state index contributed by atoms with van der Waals surface area (Å²) in [6.45, 7) is 6.84. The molecule has 7 nitrogen and oxygen atoms in total. The fourth-order valence-corrected chi connectivity index (χ4v) is 4.62. The highest BCUT2D eigenvalue weighted by molar-refractivity contribution is 6.31. The molecule has 1 aliphatic rings. The molecule has 1 saturated heterocycles. The third kappa shape index (κ3) is 5.98. The fraction of sp³-hybridized carbons (Fsp3) is 0.357. The number of hydrogen-bond acceptors (Lipinski definition) is 7. The van der Waals surface area contributed by atoms with Crippen molar-refractivity contribution in [3.63, 3.8) is 0 Å². The van der Waals surface area contributed by atoms with Gasteiger partial charge in [0.15, 0.2) is 0 Å². The first-order valence-corrected chi connectivity index (χ1v) is 12.9. The molecule has 0 radical (unpaired) electrons. The SMILES string of the molecule is CC(NCCCNc1ccnc2cc(Cl)ccc12)c1nc(Cc2ccccc2)c(N2CCOCC2)o1. The zero-order valence-electron chi connectivity index (χ0n) is 20.5. The van der Waals surface area contributed by atoms with Crippen LogP contribution in [0.15, 0.2) is 65.2 Å². The number of aromatic nitrogens is 2. The number of anilines is 2. The van der Waals surface area contributed by atoms with Crippen LogP contribution in [0.4, 0.5) is 11.6 Å². The normalized spacial score (nSPS) is 14.8. The van der Waals surface area contributed by atoms with Crippen LogP contribution in [0.5, 0.6) is 0 Å². The number of oxazole rings is 1. The van der Waals surface area contributed by atoms with E-state index in [-0.39, 0.29) is 6.04 Å². The van der Waals surface area contributed by atoms with Crippen molar-refractivity contribution in [3.05, 3.63) is 83.0 Å². The van der Waals surface area contributed by atoms with Gasteiger partial charge in [0.05, 0.1) is 24.8 Å². The van der Waals surface area contributed by atoms with Gasteiger partial charge in [-0.25, -0.2) is 4.98 Å². The summed E-state index contributed by atoms with van der Waals surface area (Å²) in [4.78, 5) is 11.6. The van der Waals surface area contributed by atoms with E-state index < -0.39 is 0 Å². The Morgan fingerprint density at radius 2 is 1.89 bits per heavy atom. The first-order chi connectivity index (χ1) is 17.7. The van der Waals surface area contributed by atoms with Crippen molar-refractivity contribution >= 4 is 34.1 Å². The lowest BCUT2D eigenvalue weighted by Gasteiger charge is -2.26. The van der Waals surface area contributed by atoms with Crippen molar-refractivity contribution in [1.82, 2.24) is 15.3 Å². The molecule has 0 spiro atoms. The Morgan fingerprint density at radius 1 is 1.06 bits per heavy atom. The molecular formula is C28H32ClN5O2. The molecule has 3 heterocycles. The molecule has 2 N–H and O–H groups in total. The first kappa shape index (κ1) is 24.6. The number of halogens is 1. The molecule has 0 bridgehead atoms. The van der Waals surface area contributed by atoms with Crippen molar-refractivity contribution in [2.45, 2.75) is 25.8 Å². The highest BCUT2D eigenvalue weighted by Gasteiger charge is 2.23. The number of hydrogen-bond donors (Lipinski definition) is 2. The standard InChI is InChI=1S/C28H32ClN5O2/c1-20(30-11-5-12-31-24-10-13-32-25-19-22(29)8-9-23(24)25)27-33-26(18-21-6-3-2-4-7-21)28(36-27)34-14-16-35-17-15-34/h2-4,6-10,13,19-20,30H,5,11-12,14-18H2,1H3,(H,31,32). The molecule has 8 heteroatoms. The molecule has 0 saturated carbocycles. The summed E-state index contributed by atoms with van der Waals surface area (Å²) in [5.41, 5.74) is 4.17. The Morgan fingerprint density at radius 3 is 2.72 bits per heavy atom. The van der Waals surface area contributed by atoms with Crippen molar-refractivity contribution in [3.8, 4) is 0 Å². The van der Waals surface area contributed by atoms with E-state index in [2.05, 4.69) is 51.7 Å². The maximum absolute atomic E-state index is 6.34. The molecular weight excluding hydrogens is 474 g/mol. The lowest BCUT2D eigenvalue weighted by Crippen LogP contribution is -2.36. The Kier molecular flexibility index (Phi) is 8.01. The summed E-state index contributed by atoms with van der Waals surface area (Å²) in [5, 5.41) is 8.86. The maximum Gasteiger partial charge on any atom is 0.220 e. The molecule has 4 aromatic rings. The second-order valence-electron chi connectivity index (χ2n) is 9.04. The van der Waals surface area contributed by atoms with E-state index in [9.17, 15) is 0 Å². The highest BCUT2D eigenvalue weighted by atomic mass is 35.5. The van der Waals surface area contributed by atoms with Gasteiger partial charge in [0.2, 0.25) is 11.8 Å². The predicted octanol–water partition coefficient (Wildman–Crippen LogP) is 5.46. The lowest BCUT2D eigenvalue weighted by atomic mass is 10.1. The molecule has 5 rings (SSSR count). The third-order valence-electron chi connectivity index (χ3n) is 6.40. The van der Waals surface area contributed by atoms with E-state index in [0.29, 0.717) is 18.2 Å². The minimum Gasteiger partial charge on any atom is -0.423 e. The number of benzene rings is 2. The summed E-state index contributed by atoms with van der Waals surface area (Å²) in [5.74, 6) is 1.60. The Bertz CT molecular complexity index is 1270. The van der Waals surface area contributed by atoms with Gasteiger partial charge in [-0.2, -0.15) is 0 Å². The van der Waals surface area contributed by atoms with E-state index in [0.717, 1.165) is 73.1 Å². The molecule has 1 atom stereocenters. The first-order valence-electron chi connectivity index (χ1n) is 12.5. The van der Waals surface area contributed by atoms with Crippen molar-refractivity contribution in [2.24, 2.45) is 0 Å². The summed E-state index contributed by atoms with van der Waals surface area (Å²) in [6, 6.07) is 18.2. The second-order valence-corrected chi connectivity index (χ2v) is 9.48. The zero-order valence-corrected chi connectivity index (χ0v) is 21.3. The number of ether oxygens (including phenoxy) is 1. The predicted molar refractivity (Wildman–Crippen MR) is 145 cm³/mol. The maximum atomic E-state index is 6.34. The van der Waals surface area contributed by atoms with Crippen molar-refractivity contribution in [2.75, 3.05) is 49.6 Å². The average molecular weight is 506 g/mol. The van der Waals surface area contributed by atoms with Gasteiger partial charge in [-0.3, -0.25) is 4.98 Å². The molecule has 0 aliphatic carbocycles. The van der Waals surface area contributed by atoms with E-state index in [1.165, 1.54) is 5.56 Å². The number of rotatable bonds is 10. The quantitative estimate of drug-likeness (QED) is 0.277. The Balaban J connectivity index is 1.18. The van der Waals surface area contributed by atoms with Gasteiger partial charge in [0.25, 0.3) is 0 Å². The van der Waals surface area contributed by atoms with Crippen LogP contribution in [0.3, 0.4) is 0 Å². The van der Waals surface area contributed by atoms with Gasteiger partial charge < -0.3 is 24.7 Å². The number of fused-ring (bicyclic) bond motifs is 1. The molecule has 188 valence electrons. The summed E-state index contributed by atoms with van der Waals surface area (Å²) in [7, 11) is 0. The molecule has 1 unspecified atom stereocenters. The number of morpholine rings is 1. The number of nitrogens with one attached hydrogen (secondary N) is 2. The van der Waals surface area contributed by atoms with E-state index in [4.69, 9.17) is 25.7 Å². The molecule has 0 amide bonds. The van der Waals surface area contributed by atoms with E-state index >= 15 is 0 Å². The van der Waals surface area contributed by atoms with Gasteiger partial charge >= 0.3 is 0 Å². The van der Waals surface area contributed by atoms with Crippen LogP contribution < -0.4 is 15.5 Å².